The monoisotopic (exact) mass is 284 g/mol. The van der Waals surface area contributed by atoms with Gasteiger partial charge in [0.15, 0.2) is 0 Å². The zero-order chi connectivity index (χ0) is 14.7. The van der Waals surface area contributed by atoms with E-state index < -0.39 is 0 Å². The average Bonchev–Trinajstić information content (AvgIpc) is 2.48. The van der Waals surface area contributed by atoms with Crippen molar-refractivity contribution in [2.75, 3.05) is 6.54 Å². The number of fused-ring (bicyclic) bond motifs is 1. The molecule has 1 N–H and O–H groups in total. The molecular formula is C18H21FN2. The van der Waals surface area contributed by atoms with E-state index in [1.54, 1.807) is 12.3 Å². The fourth-order valence-corrected chi connectivity index (χ4v) is 3.13. The van der Waals surface area contributed by atoms with Gasteiger partial charge in [0.2, 0.25) is 0 Å². The molecule has 0 spiro atoms. The van der Waals surface area contributed by atoms with E-state index in [4.69, 9.17) is 0 Å². The summed E-state index contributed by atoms with van der Waals surface area (Å²) in [5.74, 6) is 0.309. The van der Waals surface area contributed by atoms with E-state index in [9.17, 15) is 4.39 Å². The van der Waals surface area contributed by atoms with Crippen molar-refractivity contribution in [2.24, 2.45) is 0 Å². The minimum absolute atomic E-state index is 0.173. The molecule has 2 nitrogen and oxygen atoms in total. The molecule has 1 aromatic carbocycles. The highest BCUT2D eigenvalue weighted by Gasteiger charge is 2.28. The molecule has 1 aliphatic rings. The molecule has 0 bridgehead atoms. The molecule has 3 heteroatoms. The lowest BCUT2D eigenvalue weighted by Crippen LogP contribution is -2.28. The smallest absolute Gasteiger partial charge is 0.141 e. The SMILES string of the molecule is CCCNC(CC1Cc2ccccc21)c1cncc(F)c1. The molecule has 1 heterocycles. The van der Waals surface area contributed by atoms with Crippen LogP contribution in [0.4, 0.5) is 4.39 Å². The highest BCUT2D eigenvalue weighted by molar-refractivity contribution is 5.40. The Hall–Kier alpha value is -1.74. The van der Waals surface area contributed by atoms with Gasteiger partial charge in [0, 0.05) is 12.2 Å². The van der Waals surface area contributed by atoms with Crippen LogP contribution in [0.15, 0.2) is 42.7 Å². The fraction of sp³-hybridized carbons (Fsp3) is 0.389. The van der Waals surface area contributed by atoms with Crippen LogP contribution in [0, 0.1) is 5.82 Å². The van der Waals surface area contributed by atoms with Gasteiger partial charge in [-0.05, 0) is 54.5 Å². The van der Waals surface area contributed by atoms with Crippen LogP contribution in [-0.2, 0) is 6.42 Å². The lowest BCUT2D eigenvalue weighted by atomic mass is 9.74. The highest BCUT2D eigenvalue weighted by Crippen LogP contribution is 2.40. The fourth-order valence-electron chi connectivity index (χ4n) is 3.13. The van der Waals surface area contributed by atoms with E-state index in [2.05, 4.69) is 41.5 Å². The number of pyridine rings is 1. The zero-order valence-electron chi connectivity index (χ0n) is 12.3. The quantitative estimate of drug-likeness (QED) is 0.867. The number of benzene rings is 1. The number of halogens is 1. The minimum atomic E-state index is -0.259. The standard InChI is InChI=1S/C18H21FN2/c1-2-7-21-18(15-9-16(19)12-20-11-15)10-14-8-13-5-3-4-6-17(13)14/h3-6,9,11-12,14,18,21H,2,7-8,10H2,1H3. The Kier molecular flexibility index (Phi) is 4.30. The summed E-state index contributed by atoms with van der Waals surface area (Å²) in [6, 6.07) is 10.4. The van der Waals surface area contributed by atoms with Gasteiger partial charge in [-0.15, -0.1) is 0 Å². The summed E-state index contributed by atoms with van der Waals surface area (Å²) in [7, 11) is 0. The summed E-state index contributed by atoms with van der Waals surface area (Å²) in [5, 5.41) is 3.54. The molecule has 2 aromatic rings. The van der Waals surface area contributed by atoms with Crippen LogP contribution in [0.2, 0.25) is 0 Å². The number of rotatable bonds is 6. The van der Waals surface area contributed by atoms with Crippen molar-refractivity contribution in [3.05, 3.63) is 65.2 Å². The van der Waals surface area contributed by atoms with Crippen LogP contribution in [-0.4, -0.2) is 11.5 Å². The van der Waals surface area contributed by atoms with Crippen LogP contribution in [0.3, 0.4) is 0 Å². The van der Waals surface area contributed by atoms with Gasteiger partial charge in [0.1, 0.15) is 5.82 Å². The van der Waals surface area contributed by atoms with Crippen LogP contribution in [0.5, 0.6) is 0 Å². The van der Waals surface area contributed by atoms with Crippen molar-refractivity contribution < 1.29 is 4.39 Å². The second kappa shape index (κ2) is 6.35. The summed E-state index contributed by atoms with van der Waals surface area (Å²) in [6.45, 7) is 3.09. The molecule has 2 atom stereocenters. The van der Waals surface area contributed by atoms with Crippen molar-refractivity contribution in [1.29, 1.82) is 0 Å². The minimum Gasteiger partial charge on any atom is -0.310 e. The van der Waals surface area contributed by atoms with Gasteiger partial charge >= 0.3 is 0 Å². The van der Waals surface area contributed by atoms with E-state index in [1.165, 1.54) is 17.3 Å². The molecule has 3 rings (SSSR count). The third-order valence-electron chi connectivity index (χ3n) is 4.25. The first-order valence-electron chi connectivity index (χ1n) is 7.69. The first-order chi connectivity index (χ1) is 10.3. The molecule has 0 saturated carbocycles. The van der Waals surface area contributed by atoms with Gasteiger partial charge in [-0.1, -0.05) is 31.2 Å². The normalized spacial score (nSPS) is 17.9. The van der Waals surface area contributed by atoms with E-state index >= 15 is 0 Å². The molecule has 0 saturated heterocycles. The predicted molar refractivity (Wildman–Crippen MR) is 82.7 cm³/mol. The molecule has 1 aliphatic carbocycles. The highest BCUT2D eigenvalue weighted by atomic mass is 19.1. The number of hydrogen-bond acceptors (Lipinski definition) is 2. The maximum Gasteiger partial charge on any atom is 0.141 e. The van der Waals surface area contributed by atoms with Crippen LogP contribution >= 0.6 is 0 Å². The van der Waals surface area contributed by atoms with E-state index in [1.807, 2.05) is 0 Å². The molecule has 21 heavy (non-hydrogen) atoms. The molecule has 110 valence electrons. The molecular weight excluding hydrogens is 263 g/mol. The third kappa shape index (κ3) is 3.13. The zero-order valence-corrected chi connectivity index (χ0v) is 12.3. The molecule has 0 amide bonds. The first kappa shape index (κ1) is 14.2. The molecule has 0 fully saturated rings. The summed E-state index contributed by atoms with van der Waals surface area (Å²) in [6.07, 6.45) is 6.24. The Balaban J connectivity index is 1.75. The number of hydrogen-bond donors (Lipinski definition) is 1. The lowest BCUT2D eigenvalue weighted by Gasteiger charge is -2.33. The van der Waals surface area contributed by atoms with Crippen molar-refractivity contribution in [3.8, 4) is 0 Å². The van der Waals surface area contributed by atoms with Crippen molar-refractivity contribution in [1.82, 2.24) is 10.3 Å². The predicted octanol–water partition coefficient (Wildman–Crippen LogP) is 3.99. The Labute approximate surface area is 125 Å². The summed E-state index contributed by atoms with van der Waals surface area (Å²) in [5.41, 5.74) is 3.85. The maximum atomic E-state index is 13.4. The van der Waals surface area contributed by atoms with Crippen LogP contribution in [0.25, 0.3) is 0 Å². The van der Waals surface area contributed by atoms with Gasteiger partial charge in [-0.2, -0.15) is 0 Å². The van der Waals surface area contributed by atoms with Crippen molar-refractivity contribution in [3.63, 3.8) is 0 Å². The van der Waals surface area contributed by atoms with Gasteiger partial charge in [0.25, 0.3) is 0 Å². The second-order valence-corrected chi connectivity index (χ2v) is 5.78. The topological polar surface area (TPSA) is 24.9 Å². The number of nitrogens with one attached hydrogen (secondary N) is 1. The van der Waals surface area contributed by atoms with E-state index in [-0.39, 0.29) is 11.9 Å². The van der Waals surface area contributed by atoms with E-state index in [0.717, 1.165) is 31.4 Å². The average molecular weight is 284 g/mol. The summed E-state index contributed by atoms with van der Waals surface area (Å²) < 4.78 is 13.4. The van der Waals surface area contributed by atoms with Gasteiger partial charge < -0.3 is 5.32 Å². The first-order valence-corrected chi connectivity index (χ1v) is 7.69. The summed E-state index contributed by atoms with van der Waals surface area (Å²) in [4.78, 5) is 3.99. The van der Waals surface area contributed by atoms with Gasteiger partial charge in [-0.25, -0.2) is 4.39 Å². The molecule has 0 radical (unpaired) electrons. The van der Waals surface area contributed by atoms with Gasteiger partial charge in [-0.3, -0.25) is 4.98 Å². The van der Waals surface area contributed by atoms with Crippen LogP contribution < -0.4 is 5.32 Å². The summed E-state index contributed by atoms with van der Waals surface area (Å²) >= 11 is 0. The molecule has 0 aliphatic heterocycles. The second-order valence-electron chi connectivity index (χ2n) is 5.78. The molecule has 2 unspecified atom stereocenters. The van der Waals surface area contributed by atoms with Crippen molar-refractivity contribution >= 4 is 0 Å². The third-order valence-corrected chi connectivity index (χ3v) is 4.25. The number of nitrogens with zero attached hydrogens (tertiary/aromatic N) is 1. The number of aromatic nitrogens is 1. The molecule has 1 aromatic heterocycles. The Morgan fingerprint density at radius 2 is 2.19 bits per heavy atom. The Morgan fingerprint density at radius 3 is 2.95 bits per heavy atom. The van der Waals surface area contributed by atoms with Gasteiger partial charge in [0.05, 0.1) is 6.20 Å². The van der Waals surface area contributed by atoms with E-state index in [0.29, 0.717) is 5.92 Å². The van der Waals surface area contributed by atoms with Crippen LogP contribution in [0.1, 0.15) is 48.4 Å². The Bertz CT molecular complexity index is 612. The largest absolute Gasteiger partial charge is 0.310 e. The maximum absolute atomic E-state index is 13.4. The lowest BCUT2D eigenvalue weighted by molar-refractivity contribution is 0.426. The Morgan fingerprint density at radius 1 is 1.33 bits per heavy atom. The van der Waals surface area contributed by atoms with Crippen molar-refractivity contribution in [2.45, 2.75) is 38.1 Å².